The number of aliphatic carboxylic acids is 1. The quantitative estimate of drug-likeness (QED) is 0.378. The van der Waals surface area contributed by atoms with E-state index >= 15 is 0 Å². The molecule has 5 nitrogen and oxygen atoms in total. The summed E-state index contributed by atoms with van der Waals surface area (Å²) in [7, 11) is 0. The Morgan fingerprint density at radius 2 is 1.88 bits per heavy atom. The first-order valence-electron chi connectivity index (χ1n) is 11.6. The summed E-state index contributed by atoms with van der Waals surface area (Å²) in [4.78, 5) is 17.3. The number of rotatable bonds is 4. The fraction of sp³-hybridized carbons (Fsp3) is 0.310. The predicted octanol–water partition coefficient (Wildman–Crippen LogP) is 6.55. The van der Waals surface area contributed by atoms with Crippen LogP contribution in [0.4, 0.5) is 0 Å². The van der Waals surface area contributed by atoms with Crippen molar-refractivity contribution >= 4 is 27.6 Å². The SMILES string of the molecule is Cc1ccc2c(-c3ccc4c5c(cccc35)CCO4)c([C@H](OC(C)(C)C)C(=O)O)c(C)cc2n1. The molecule has 0 fully saturated rings. The average Bonchev–Trinajstić information content (AvgIpc) is 2.77. The van der Waals surface area contributed by atoms with Gasteiger partial charge in [-0.1, -0.05) is 30.3 Å². The van der Waals surface area contributed by atoms with E-state index in [0.29, 0.717) is 12.2 Å². The Hall–Kier alpha value is -3.44. The molecule has 3 aromatic carbocycles. The topological polar surface area (TPSA) is 68.7 Å². The highest BCUT2D eigenvalue weighted by molar-refractivity contribution is 6.09. The lowest BCUT2D eigenvalue weighted by Gasteiger charge is -2.29. The van der Waals surface area contributed by atoms with Gasteiger partial charge < -0.3 is 14.6 Å². The van der Waals surface area contributed by atoms with Crippen molar-refractivity contribution in [3.05, 3.63) is 70.9 Å². The van der Waals surface area contributed by atoms with Gasteiger partial charge in [0.25, 0.3) is 0 Å². The van der Waals surface area contributed by atoms with Crippen LogP contribution in [0, 0.1) is 13.8 Å². The Balaban J connectivity index is 1.91. The molecular formula is C29H29NO4. The molecule has 1 aliphatic heterocycles. The Morgan fingerprint density at radius 3 is 2.62 bits per heavy atom. The molecule has 1 N–H and O–H groups in total. The first-order valence-corrected chi connectivity index (χ1v) is 11.6. The van der Waals surface area contributed by atoms with Gasteiger partial charge in [0.1, 0.15) is 5.75 Å². The summed E-state index contributed by atoms with van der Waals surface area (Å²) >= 11 is 0. The first-order chi connectivity index (χ1) is 16.1. The van der Waals surface area contributed by atoms with Gasteiger partial charge in [-0.3, -0.25) is 4.98 Å². The predicted molar refractivity (Wildman–Crippen MR) is 135 cm³/mol. The number of hydrogen-bond donors (Lipinski definition) is 1. The van der Waals surface area contributed by atoms with Crippen LogP contribution in [0.3, 0.4) is 0 Å². The van der Waals surface area contributed by atoms with Gasteiger partial charge in [0.2, 0.25) is 0 Å². The summed E-state index contributed by atoms with van der Waals surface area (Å²) in [5, 5.41) is 13.3. The molecule has 2 heterocycles. The summed E-state index contributed by atoms with van der Waals surface area (Å²) in [6.45, 7) is 10.2. The second kappa shape index (κ2) is 8.10. The fourth-order valence-electron chi connectivity index (χ4n) is 5.00. The number of carbonyl (C=O) groups is 1. The van der Waals surface area contributed by atoms with Gasteiger partial charge >= 0.3 is 5.97 Å². The van der Waals surface area contributed by atoms with Crippen LogP contribution < -0.4 is 4.74 Å². The number of carboxylic acids is 1. The summed E-state index contributed by atoms with van der Waals surface area (Å²) < 4.78 is 12.1. The van der Waals surface area contributed by atoms with Crippen LogP contribution in [0.2, 0.25) is 0 Å². The van der Waals surface area contributed by atoms with Crippen LogP contribution in [0.1, 0.15) is 49.3 Å². The summed E-state index contributed by atoms with van der Waals surface area (Å²) in [6.07, 6.45) is -0.274. The standard InChI is InChI=1S/C29H29NO4/c1-16-15-22-21(10-9-17(2)30-22)26(24(16)27(28(31)32)34-29(3,4)5)20-11-12-23-25-18(13-14-33-23)7-6-8-19(20)25/h6-12,15,27H,13-14H2,1-5H3,(H,31,32)/t27-/m0/s1. The largest absolute Gasteiger partial charge is 0.493 e. The van der Waals surface area contributed by atoms with E-state index in [1.54, 1.807) is 0 Å². The first kappa shape index (κ1) is 22.4. The Morgan fingerprint density at radius 1 is 1.09 bits per heavy atom. The minimum absolute atomic E-state index is 0.638. The summed E-state index contributed by atoms with van der Waals surface area (Å²) in [5.74, 6) is -0.140. The zero-order valence-corrected chi connectivity index (χ0v) is 20.2. The number of nitrogens with zero attached hydrogens (tertiary/aromatic N) is 1. The second-order valence-electron chi connectivity index (χ2n) is 10.00. The van der Waals surface area contributed by atoms with Gasteiger partial charge in [-0.15, -0.1) is 0 Å². The number of fused-ring (bicyclic) bond motifs is 1. The van der Waals surface area contributed by atoms with Gasteiger partial charge in [0.05, 0.1) is 17.7 Å². The number of aryl methyl sites for hydroxylation is 2. The molecule has 4 aromatic rings. The molecule has 0 bridgehead atoms. The van der Waals surface area contributed by atoms with E-state index in [9.17, 15) is 9.90 Å². The molecule has 0 aliphatic carbocycles. The van der Waals surface area contributed by atoms with Crippen molar-refractivity contribution in [3.63, 3.8) is 0 Å². The van der Waals surface area contributed by atoms with Crippen molar-refractivity contribution in [1.29, 1.82) is 0 Å². The third kappa shape index (κ3) is 3.80. The van der Waals surface area contributed by atoms with Crippen LogP contribution in [-0.2, 0) is 16.0 Å². The van der Waals surface area contributed by atoms with Crippen LogP contribution in [-0.4, -0.2) is 28.3 Å². The third-order valence-electron chi connectivity index (χ3n) is 6.33. The number of hydrogen-bond acceptors (Lipinski definition) is 4. The van der Waals surface area contributed by atoms with E-state index < -0.39 is 17.7 Å². The lowest BCUT2D eigenvalue weighted by molar-refractivity contribution is -0.160. The van der Waals surface area contributed by atoms with Crippen LogP contribution in [0.5, 0.6) is 5.75 Å². The van der Waals surface area contributed by atoms with Crippen LogP contribution in [0.25, 0.3) is 32.8 Å². The van der Waals surface area contributed by atoms with E-state index in [2.05, 4.69) is 18.2 Å². The van der Waals surface area contributed by atoms with Crippen molar-refractivity contribution in [2.75, 3.05) is 6.61 Å². The van der Waals surface area contributed by atoms with Gasteiger partial charge in [-0.2, -0.15) is 0 Å². The maximum Gasteiger partial charge on any atom is 0.337 e. The van der Waals surface area contributed by atoms with Crippen LogP contribution >= 0.6 is 0 Å². The lowest BCUT2D eigenvalue weighted by atomic mass is 9.85. The third-order valence-corrected chi connectivity index (χ3v) is 6.33. The Labute approximate surface area is 199 Å². The number of ether oxygens (including phenoxy) is 2. The monoisotopic (exact) mass is 455 g/mol. The second-order valence-corrected chi connectivity index (χ2v) is 10.00. The van der Waals surface area contributed by atoms with E-state index in [1.807, 2.05) is 65.0 Å². The summed E-state index contributed by atoms with van der Waals surface area (Å²) in [6, 6.07) is 16.3. The highest BCUT2D eigenvalue weighted by Crippen LogP contribution is 2.45. The van der Waals surface area contributed by atoms with Gasteiger partial charge in [-0.05, 0) is 80.5 Å². The molecule has 1 atom stereocenters. The van der Waals surface area contributed by atoms with Gasteiger partial charge in [0, 0.05) is 28.5 Å². The lowest BCUT2D eigenvalue weighted by Crippen LogP contribution is -2.28. The normalized spacial score (nSPS) is 14.3. The minimum atomic E-state index is -1.12. The fourth-order valence-corrected chi connectivity index (χ4v) is 5.00. The van der Waals surface area contributed by atoms with Crippen molar-refractivity contribution in [2.24, 2.45) is 0 Å². The maximum absolute atomic E-state index is 12.6. The molecule has 34 heavy (non-hydrogen) atoms. The zero-order valence-electron chi connectivity index (χ0n) is 20.2. The van der Waals surface area contributed by atoms with E-state index in [1.165, 1.54) is 5.56 Å². The highest BCUT2D eigenvalue weighted by atomic mass is 16.5. The van der Waals surface area contributed by atoms with E-state index in [-0.39, 0.29) is 0 Å². The molecule has 0 unspecified atom stereocenters. The molecular weight excluding hydrogens is 426 g/mol. The van der Waals surface area contributed by atoms with Crippen molar-refractivity contribution in [3.8, 4) is 16.9 Å². The molecule has 1 aromatic heterocycles. The van der Waals surface area contributed by atoms with Crippen molar-refractivity contribution < 1.29 is 19.4 Å². The van der Waals surface area contributed by atoms with Gasteiger partial charge in [-0.25, -0.2) is 4.79 Å². The van der Waals surface area contributed by atoms with Crippen LogP contribution in [0.15, 0.2) is 48.5 Å². The molecule has 0 radical (unpaired) electrons. The smallest absolute Gasteiger partial charge is 0.337 e. The minimum Gasteiger partial charge on any atom is -0.493 e. The van der Waals surface area contributed by atoms with E-state index in [0.717, 1.165) is 56.2 Å². The van der Waals surface area contributed by atoms with Gasteiger partial charge in [0.15, 0.2) is 6.10 Å². The number of aromatic nitrogens is 1. The average molecular weight is 456 g/mol. The molecule has 5 heteroatoms. The molecule has 0 amide bonds. The van der Waals surface area contributed by atoms with E-state index in [4.69, 9.17) is 14.5 Å². The molecule has 0 spiro atoms. The highest BCUT2D eigenvalue weighted by Gasteiger charge is 2.32. The molecule has 1 aliphatic rings. The maximum atomic E-state index is 12.6. The number of pyridine rings is 1. The number of benzene rings is 3. The Kier molecular flexibility index (Phi) is 5.33. The number of carboxylic acid groups (broad SMARTS) is 1. The van der Waals surface area contributed by atoms with Crippen molar-refractivity contribution in [2.45, 2.75) is 52.7 Å². The molecule has 0 saturated carbocycles. The molecule has 174 valence electrons. The zero-order chi connectivity index (χ0) is 24.2. The molecule has 5 rings (SSSR count). The summed E-state index contributed by atoms with van der Waals surface area (Å²) in [5.41, 5.74) is 5.68. The molecule has 0 saturated heterocycles. The Bertz CT molecular complexity index is 1440. The van der Waals surface area contributed by atoms with Crippen molar-refractivity contribution in [1.82, 2.24) is 4.98 Å².